The van der Waals surface area contributed by atoms with Crippen LogP contribution in [0.2, 0.25) is 5.02 Å². The summed E-state index contributed by atoms with van der Waals surface area (Å²) in [4.78, 5) is 23.9. The highest BCUT2D eigenvalue weighted by molar-refractivity contribution is 7.89. The summed E-state index contributed by atoms with van der Waals surface area (Å²) >= 11 is 5.88. The summed E-state index contributed by atoms with van der Waals surface area (Å²) in [5, 5.41) is 14.3. The predicted molar refractivity (Wildman–Crippen MR) is 114 cm³/mol. The highest BCUT2D eigenvalue weighted by atomic mass is 35.5. The van der Waals surface area contributed by atoms with E-state index in [0.29, 0.717) is 24.5 Å². The van der Waals surface area contributed by atoms with Crippen LogP contribution in [0.3, 0.4) is 0 Å². The lowest BCUT2D eigenvalue weighted by Gasteiger charge is -2.39. The van der Waals surface area contributed by atoms with Gasteiger partial charge in [0.2, 0.25) is 15.9 Å². The van der Waals surface area contributed by atoms with Crippen LogP contribution in [0.15, 0.2) is 47.4 Å². The quantitative estimate of drug-likeness (QED) is 0.551. The van der Waals surface area contributed by atoms with Crippen LogP contribution in [0, 0.1) is 10.1 Å². The number of anilines is 2. The van der Waals surface area contributed by atoms with Gasteiger partial charge in [-0.3, -0.25) is 14.9 Å². The molecule has 2 aromatic carbocycles. The van der Waals surface area contributed by atoms with Crippen molar-refractivity contribution in [2.24, 2.45) is 0 Å². The van der Waals surface area contributed by atoms with Gasteiger partial charge < -0.3 is 10.2 Å². The second-order valence-electron chi connectivity index (χ2n) is 7.01. The van der Waals surface area contributed by atoms with Gasteiger partial charge in [-0.25, -0.2) is 8.42 Å². The minimum Gasteiger partial charge on any atom is -0.363 e. The third kappa shape index (κ3) is 4.55. The number of hydrogen-bond donors (Lipinski definition) is 1. The Labute approximate surface area is 179 Å². The molecule has 3 rings (SSSR count). The summed E-state index contributed by atoms with van der Waals surface area (Å²) in [7, 11) is -3.76. The van der Waals surface area contributed by atoms with E-state index in [2.05, 4.69) is 5.32 Å². The van der Waals surface area contributed by atoms with Crippen molar-refractivity contribution in [2.75, 3.05) is 29.9 Å². The maximum atomic E-state index is 13.1. The highest BCUT2D eigenvalue weighted by Crippen LogP contribution is 2.33. The maximum Gasteiger partial charge on any atom is 0.294 e. The molecule has 0 aliphatic carbocycles. The Hall–Kier alpha value is -2.69. The van der Waals surface area contributed by atoms with Crippen molar-refractivity contribution in [1.29, 1.82) is 0 Å². The van der Waals surface area contributed by atoms with Gasteiger partial charge in [-0.2, -0.15) is 4.31 Å². The fourth-order valence-electron chi connectivity index (χ4n) is 3.48. The molecule has 0 saturated carbocycles. The normalized spacial score (nSPS) is 17.6. The summed E-state index contributed by atoms with van der Waals surface area (Å²) in [6.45, 7) is 3.91. The number of halogens is 1. The zero-order valence-corrected chi connectivity index (χ0v) is 18.0. The Morgan fingerprint density at radius 2 is 1.87 bits per heavy atom. The molecular weight excluding hydrogens is 432 g/mol. The van der Waals surface area contributed by atoms with E-state index in [1.54, 1.807) is 24.0 Å². The first-order chi connectivity index (χ1) is 14.1. The van der Waals surface area contributed by atoms with Gasteiger partial charge in [0.1, 0.15) is 5.69 Å². The molecule has 160 valence electrons. The monoisotopic (exact) mass is 452 g/mol. The van der Waals surface area contributed by atoms with E-state index in [-0.39, 0.29) is 28.1 Å². The molecule has 9 nitrogen and oxygen atoms in total. The minimum atomic E-state index is -3.76. The van der Waals surface area contributed by atoms with Crippen LogP contribution in [-0.4, -0.2) is 49.2 Å². The number of amides is 1. The van der Waals surface area contributed by atoms with Crippen LogP contribution >= 0.6 is 11.6 Å². The van der Waals surface area contributed by atoms with E-state index in [0.717, 1.165) is 0 Å². The van der Waals surface area contributed by atoms with Crippen LogP contribution in [-0.2, 0) is 14.8 Å². The van der Waals surface area contributed by atoms with Crippen molar-refractivity contribution in [3.63, 3.8) is 0 Å². The number of nitro benzene ring substituents is 1. The lowest BCUT2D eigenvalue weighted by molar-refractivity contribution is -0.384. The molecule has 1 saturated heterocycles. The standard InChI is InChI=1S/C19H21ClN4O5S/c1-13-12-22(18-8-3-15(20)11-19(18)24(26)27)9-10-23(13)30(28,29)17-6-4-16(5-7-17)21-14(2)25/h3-8,11,13H,9-10,12H2,1-2H3,(H,21,25)/t13-/m1/s1. The number of hydrogen-bond acceptors (Lipinski definition) is 6. The van der Waals surface area contributed by atoms with E-state index >= 15 is 0 Å². The molecule has 1 atom stereocenters. The van der Waals surface area contributed by atoms with Gasteiger partial charge in [0.15, 0.2) is 0 Å². The number of nitrogens with one attached hydrogen (secondary N) is 1. The van der Waals surface area contributed by atoms with Crippen molar-refractivity contribution in [1.82, 2.24) is 4.31 Å². The molecule has 0 radical (unpaired) electrons. The molecule has 30 heavy (non-hydrogen) atoms. The average Bonchev–Trinajstić information content (AvgIpc) is 2.67. The Kier molecular flexibility index (Phi) is 6.30. The Morgan fingerprint density at radius 3 is 2.43 bits per heavy atom. The second-order valence-corrected chi connectivity index (χ2v) is 9.33. The third-order valence-electron chi connectivity index (χ3n) is 4.82. The smallest absolute Gasteiger partial charge is 0.294 e. The number of piperazine rings is 1. The molecule has 0 aromatic heterocycles. The van der Waals surface area contributed by atoms with Crippen molar-refractivity contribution in [3.8, 4) is 0 Å². The van der Waals surface area contributed by atoms with Crippen LogP contribution in [0.5, 0.6) is 0 Å². The molecule has 0 spiro atoms. The lowest BCUT2D eigenvalue weighted by atomic mass is 10.2. The van der Waals surface area contributed by atoms with Crippen molar-refractivity contribution >= 4 is 44.6 Å². The van der Waals surface area contributed by atoms with E-state index in [9.17, 15) is 23.3 Å². The molecule has 1 aliphatic heterocycles. The molecule has 1 N–H and O–H groups in total. The summed E-state index contributed by atoms with van der Waals surface area (Å²) in [6.07, 6.45) is 0. The SMILES string of the molecule is CC(=O)Nc1ccc(S(=O)(=O)N2CCN(c3ccc(Cl)cc3[N+](=O)[O-])C[C@H]2C)cc1. The molecule has 1 heterocycles. The minimum absolute atomic E-state index is 0.112. The molecule has 1 fully saturated rings. The first-order valence-electron chi connectivity index (χ1n) is 9.18. The second kappa shape index (κ2) is 8.58. The van der Waals surface area contributed by atoms with E-state index in [1.807, 2.05) is 0 Å². The van der Waals surface area contributed by atoms with Crippen molar-refractivity contribution in [2.45, 2.75) is 24.8 Å². The number of nitrogens with zero attached hydrogens (tertiary/aromatic N) is 3. The van der Waals surface area contributed by atoms with Crippen molar-refractivity contribution < 1.29 is 18.1 Å². The van der Waals surface area contributed by atoms with Crippen LogP contribution in [0.4, 0.5) is 17.1 Å². The van der Waals surface area contributed by atoms with Crippen LogP contribution < -0.4 is 10.2 Å². The molecule has 0 bridgehead atoms. The largest absolute Gasteiger partial charge is 0.363 e. The van der Waals surface area contributed by atoms with Gasteiger partial charge >= 0.3 is 0 Å². The fourth-order valence-corrected chi connectivity index (χ4v) is 5.26. The van der Waals surface area contributed by atoms with Crippen LogP contribution in [0.1, 0.15) is 13.8 Å². The summed E-state index contributed by atoms with van der Waals surface area (Å²) in [6, 6.07) is 10.0. The third-order valence-corrected chi connectivity index (χ3v) is 7.09. The molecular formula is C19H21ClN4O5S. The molecule has 2 aromatic rings. The number of carbonyl (C=O) groups is 1. The van der Waals surface area contributed by atoms with Gasteiger partial charge in [0, 0.05) is 49.4 Å². The Balaban J connectivity index is 1.80. The molecule has 11 heteroatoms. The lowest BCUT2D eigenvalue weighted by Crippen LogP contribution is -2.54. The zero-order chi connectivity index (χ0) is 22.1. The van der Waals surface area contributed by atoms with Crippen LogP contribution in [0.25, 0.3) is 0 Å². The zero-order valence-electron chi connectivity index (χ0n) is 16.4. The predicted octanol–water partition coefficient (Wildman–Crippen LogP) is 3.11. The highest BCUT2D eigenvalue weighted by Gasteiger charge is 2.35. The van der Waals surface area contributed by atoms with E-state index in [1.165, 1.54) is 41.6 Å². The number of carbonyl (C=O) groups excluding carboxylic acids is 1. The van der Waals surface area contributed by atoms with Crippen molar-refractivity contribution in [3.05, 3.63) is 57.6 Å². The number of nitro groups is 1. The van der Waals surface area contributed by atoms with E-state index in [4.69, 9.17) is 11.6 Å². The maximum absolute atomic E-state index is 13.1. The summed E-state index contributed by atoms with van der Waals surface area (Å²) in [5.74, 6) is -0.244. The molecule has 1 amide bonds. The number of benzene rings is 2. The molecule has 0 unspecified atom stereocenters. The first-order valence-corrected chi connectivity index (χ1v) is 11.0. The van der Waals surface area contributed by atoms with Gasteiger partial charge in [-0.1, -0.05) is 11.6 Å². The number of rotatable bonds is 5. The fraction of sp³-hybridized carbons (Fsp3) is 0.316. The summed E-state index contributed by atoms with van der Waals surface area (Å²) in [5.41, 5.74) is 0.807. The van der Waals surface area contributed by atoms with Gasteiger partial charge in [0.05, 0.1) is 9.82 Å². The topological polar surface area (TPSA) is 113 Å². The first kappa shape index (κ1) is 22.0. The Bertz CT molecular complexity index is 1070. The number of sulfonamides is 1. The van der Waals surface area contributed by atoms with Gasteiger partial charge in [-0.05, 0) is 43.3 Å². The van der Waals surface area contributed by atoms with Gasteiger partial charge in [-0.15, -0.1) is 0 Å². The average molecular weight is 453 g/mol. The Morgan fingerprint density at radius 1 is 1.20 bits per heavy atom. The van der Waals surface area contributed by atoms with E-state index < -0.39 is 21.0 Å². The molecule has 1 aliphatic rings. The summed E-state index contributed by atoms with van der Waals surface area (Å²) < 4.78 is 27.6. The van der Waals surface area contributed by atoms with Gasteiger partial charge in [0.25, 0.3) is 5.69 Å².